The topological polar surface area (TPSA) is 41.1 Å². The molecular weight excluding hydrogens is 164 g/mol. The van der Waals surface area contributed by atoms with Gasteiger partial charge in [0.1, 0.15) is 0 Å². The Bertz CT molecular complexity index is 137. The lowest BCUT2D eigenvalue weighted by atomic mass is 10.2. The number of hydrogen-bond acceptors (Lipinski definition) is 2. The van der Waals surface area contributed by atoms with Crippen LogP contribution >= 0.6 is 0 Å². The highest BCUT2D eigenvalue weighted by Crippen LogP contribution is 2.04. The summed E-state index contributed by atoms with van der Waals surface area (Å²) in [5.74, 6) is 0.202. The van der Waals surface area contributed by atoms with Crippen molar-refractivity contribution in [3.8, 4) is 0 Å². The number of carbonyl (C=O) groups excluding carboxylic acids is 1. The van der Waals surface area contributed by atoms with Crippen molar-refractivity contribution in [2.24, 2.45) is 0 Å². The SMILES string of the molecule is CC.CCCNCC1CCC(=O)N1. The van der Waals surface area contributed by atoms with E-state index in [1.807, 2.05) is 13.8 Å². The van der Waals surface area contributed by atoms with Crippen LogP contribution in [0.2, 0.25) is 0 Å². The maximum absolute atomic E-state index is 10.7. The predicted octanol–water partition coefficient (Wildman–Crippen LogP) is 1.29. The number of carbonyl (C=O) groups is 1. The molecule has 0 radical (unpaired) electrons. The van der Waals surface area contributed by atoms with Crippen molar-refractivity contribution in [3.05, 3.63) is 0 Å². The Morgan fingerprint density at radius 3 is 2.69 bits per heavy atom. The molecule has 1 aliphatic heterocycles. The molecule has 0 aromatic carbocycles. The van der Waals surface area contributed by atoms with E-state index in [4.69, 9.17) is 0 Å². The first-order valence-electron chi connectivity index (χ1n) is 5.33. The Labute approximate surface area is 81.3 Å². The van der Waals surface area contributed by atoms with E-state index < -0.39 is 0 Å². The highest BCUT2D eigenvalue weighted by atomic mass is 16.1. The van der Waals surface area contributed by atoms with Crippen LogP contribution in [0.15, 0.2) is 0 Å². The van der Waals surface area contributed by atoms with E-state index in [0.29, 0.717) is 12.5 Å². The third-order valence-corrected chi connectivity index (χ3v) is 1.90. The van der Waals surface area contributed by atoms with E-state index in [1.165, 1.54) is 0 Å². The minimum absolute atomic E-state index is 0.202. The second-order valence-electron chi connectivity index (χ2n) is 3.01. The first-order chi connectivity index (χ1) is 6.33. The third-order valence-electron chi connectivity index (χ3n) is 1.90. The van der Waals surface area contributed by atoms with Crippen molar-refractivity contribution in [1.82, 2.24) is 10.6 Å². The smallest absolute Gasteiger partial charge is 0.220 e. The largest absolute Gasteiger partial charge is 0.352 e. The normalized spacial score (nSPS) is 20.5. The summed E-state index contributed by atoms with van der Waals surface area (Å²) in [4.78, 5) is 10.7. The van der Waals surface area contributed by atoms with Crippen molar-refractivity contribution in [1.29, 1.82) is 0 Å². The molecule has 0 saturated carbocycles. The predicted molar refractivity (Wildman–Crippen MR) is 55.7 cm³/mol. The first kappa shape index (κ1) is 12.4. The van der Waals surface area contributed by atoms with Gasteiger partial charge in [0.25, 0.3) is 0 Å². The minimum Gasteiger partial charge on any atom is -0.352 e. The monoisotopic (exact) mass is 186 g/mol. The molecule has 1 saturated heterocycles. The van der Waals surface area contributed by atoms with Crippen molar-refractivity contribution >= 4 is 5.91 Å². The van der Waals surface area contributed by atoms with Gasteiger partial charge in [0.05, 0.1) is 0 Å². The summed E-state index contributed by atoms with van der Waals surface area (Å²) in [7, 11) is 0. The Morgan fingerprint density at radius 2 is 2.23 bits per heavy atom. The summed E-state index contributed by atoms with van der Waals surface area (Å²) in [6.45, 7) is 8.12. The molecule has 1 heterocycles. The Kier molecular flexibility index (Phi) is 7.69. The summed E-state index contributed by atoms with van der Waals surface area (Å²) in [6.07, 6.45) is 2.86. The Hall–Kier alpha value is -0.570. The maximum Gasteiger partial charge on any atom is 0.220 e. The lowest BCUT2D eigenvalue weighted by Gasteiger charge is -2.09. The molecule has 3 nitrogen and oxygen atoms in total. The van der Waals surface area contributed by atoms with Gasteiger partial charge in [-0.3, -0.25) is 4.79 Å². The molecule has 13 heavy (non-hydrogen) atoms. The van der Waals surface area contributed by atoms with Crippen molar-refractivity contribution < 1.29 is 4.79 Å². The molecule has 0 aromatic rings. The standard InChI is InChI=1S/C8H16N2O.C2H6/c1-2-5-9-6-7-3-4-8(11)10-7;1-2/h7,9H,2-6H2,1H3,(H,10,11);1-2H3. The van der Waals surface area contributed by atoms with Crippen LogP contribution in [0, 0.1) is 0 Å². The van der Waals surface area contributed by atoms with Crippen LogP contribution in [-0.4, -0.2) is 25.0 Å². The lowest BCUT2D eigenvalue weighted by Crippen LogP contribution is -2.35. The average molecular weight is 186 g/mol. The molecule has 2 N–H and O–H groups in total. The molecule has 1 amide bonds. The van der Waals surface area contributed by atoms with Crippen LogP contribution in [0.3, 0.4) is 0 Å². The molecule has 0 aromatic heterocycles. The van der Waals surface area contributed by atoms with Crippen molar-refractivity contribution in [2.75, 3.05) is 13.1 Å². The highest BCUT2D eigenvalue weighted by Gasteiger charge is 2.19. The van der Waals surface area contributed by atoms with Gasteiger partial charge in [0.15, 0.2) is 0 Å². The fourth-order valence-corrected chi connectivity index (χ4v) is 1.28. The van der Waals surface area contributed by atoms with Crippen LogP contribution in [0.25, 0.3) is 0 Å². The number of nitrogens with one attached hydrogen (secondary N) is 2. The second-order valence-corrected chi connectivity index (χ2v) is 3.01. The number of amides is 1. The first-order valence-corrected chi connectivity index (χ1v) is 5.33. The Balaban J connectivity index is 0.000000671. The van der Waals surface area contributed by atoms with E-state index in [1.54, 1.807) is 0 Å². The van der Waals surface area contributed by atoms with Crippen molar-refractivity contribution in [3.63, 3.8) is 0 Å². The van der Waals surface area contributed by atoms with Gasteiger partial charge in [0, 0.05) is 19.0 Å². The molecular formula is C10H22N2O. The fourth-order valence-electron chi connectivity index (χ4n) is 1.28. The van der Waals surface area contributed by atoms with Gasteiger partial charge < -0.3 is 10.6 Å². The third kappa shape index (κ3) is 5.64. The van der Waals surface area contributed by atoms with E-state index >= 15 is 0 Å². The van der Waals surface area contributed by atoms with Crippen LogP contribution in [0.5, 0.6) is 0 Å². The van der Waals surface area contributed by atoms with Crippen molar-refractivity contribution in [2.45, 2.75) is 46.1 Å². The fraction of sp³-hybridized carbons (Fsp3) is 0.900. The van der Waals surface area contributed by atoms with Gasteiger partial charge in [0.2, 0.25) is 5.91 Å². The van der Waals surface area contributed by atoms with Crippen LogP contribution < -0.4 is 10.6 Å². The van der Waals surface area contributed by atoms with Crippen LogP contribution in [0.1, 0.15) is 40.0 Å². The summed E-state index contributed by atoms with van der Waals surface area (Å²) in [5, 5.41) is 6.19. The molecule has 1 atom stereocenters. The minimum atomic E-state index is 0.202. The Morgan fingerprint density at radius 1 is 1.54 bits per heavy atom. The zero-order valence-corrected chi connectivity index (χ0v) is 9.02. The molecule has 0 aliphatic carbocycles. The second kappa shape index (κ2) is 8.05. The molecule has 1 fully saturated rings. The molecule has 3 heteroatoms. The van der Waals surface area contributed by atoms with Crippen LogP contribution in [-0.2, 0) is 4.79 Å². The van der Waals surface area contributed by atoms with E-state index in [0.717, 1.165) is 25.9 Å². The quantitative estimate of drug-likeness (QED) is 0.650. The number of rotatable bonds is 4. The van der Waals surface area contributed by atoms with Gasteiger partial charge in [-0.1, -0.05) is 20.8 Å². The maximum atomic E-state index is 10.7. The summed E-state index contributed by atoms with van der Waals surface area (Å²) >= 11 is 0. The summed E-state index contributed by atoms with van der Waals surface area (Å²) in [6, 6.07) is 0.383. The molecule has 1 unspecified atom stereocenters. The van der Waals surface area contributed by atoms with Gasteiger partial charge in [-0.05, 0) is 19.4 Å². The molecule has 1 rings (SSSR count). The average Bonchev–Trinajstić information content (AvgIpc) is 2.56. The van der Waals surface area contributed by atoms with Gasteiger partial charge in [-0.25, -0.2) is 0 Å². The highest BCUT2D eigenvalue weighted by molar-refractivity contribution is 5.78. The van der Waals surface area contributed by atoms with Gasteiger partial charge in [-0.15, -0.1) is 0 Å². The molecule has 78 valence electrons. The molecule has 0 spiro atoms. The van der Waals surface area contributed by atoms with E-state index in [-0.39, 0.29) is 5.91 Å². The zero-order chi connectivity index (χ0) is 10.1. The molecule has 0 bridgehead atoms. The zero-order valence-electron chi connectivity index (χ0n) is 9.02. The van der Waals surface area contributed by atoms with Gasteiger partial charge >= 0.3 is 0 Å². The van der Waals surface area contributed by atoms with Gasteiger partial charge in [-0.2, -0.15) is 0 Å². The number of hydrogen-bond donors (Lipinski definition) is 2. The summed E-state index contributed by atoms with van der Waals surface area (Å²) in [5.41, 5.74) is 0. The van der Waals surface area contributed by atoms with E-state index in [9.17, 15) is 4.79 Å². The van der Waals surface area contributed by atoms with E-state index in [2.05, 4.69) is 17.6 Å². The lowest BCUT2D eigenvalue weighted by molar-refractivity contribution is -0.119. The summed E-state index contributed by atoms with van der Waals surface area (Å²) < 4.78 is 0. The molecule has 1 aliphatic rings. The van der Waals surface area contributed by atoms with Crippen LogP contribution in [0.4, 0.5) is 0 Å².